The monoisotopic (exact) mass is 255 g/mol. The summed E-state index contributed by atoms with van der Waals surface area (Å²) >= 11 is 0. The van der Waals surface area contributed by atoms with E-state index in [9.17, 15) is 4.79 Å². The zero-order chi connectivity index (χ0) is 14.0. The van der Waals surface area contributed by atoms with Crippen LogP contribution in [0.3, 0.4) is 0 Å². The molecule has 0 radical (unpaired) electrons. The molecular formula is C15H29NO2. The van der Waals surface area contributed by atoms with Crippen molar-refractivity contribution in [3.05, 3.63) is 11.6 Å². The molecule has 0 rings (SSSR count). The number of methoxy groups -OCH3 is 1. The first-order valence-corrected chi connectivity index (χ1v) is 7.08. The molecule has 0 amide bonds. The molecule has 106 valence electrons. The van der Waals surface area contributed by atoms with Crippen LogP contribution in [0, 0.1) is 0 Å². The van der Waals surface area contributed by atoms with Gasteiger partial charge in [0, 0.05) is 18.2 Å². The normalized spacial score (nSPS) is 12.3. The highest BCUT2D eigenvalue weighted by Gasteiger charge is 2.10. The second-order valence-corrected chi connectivity index (χ2v) is 4.87. The van der Waals surface area contributed by atoms with Gasteiger partial charge in [-0.3, -0.25) is 4.90 Å². The van der Waals surface area contributed by atoms with Gasteiger partial charge >= 0.3 is 5.97 Å². The molecule has 0 aromatic heterocycles. The Labute approximate surface area is 112 Å². The van der Waals surface area contributed by atoms with Crippen molar-refractivity contribution in [1.29, 1.82) is 0 Å². The van der Waals surface area contributed by atoms with Crippen LogP contribution in [0.4, 0.5) is 0 Å². The molecule has 3 nitrogen and oxygen atoms in total. The fourth-order valence-electron chi connectivity index (χ4n) is 1.86. The molecule has 0 aliphatic heterocycles. The highest BCUT2D eigenvalue weighted by Crippen LogP contribution is 2.07. The van der Waals surface area contributed by atoms with Gasteiger partial charge in [0.1, 0.15) is 0 Å². The van der Waals surface area contributed by atoms with Crippen molar-refractivity contribution in [3.63, 3.8) is 0 Å². The van der Waals surface area contributed by atoms with Crippen LogP contribution in [-0.4, -0.2) is 37.1 Å². The summed E-state index contributed by atoms with van der Waals surface area (Å²) in [5, 5.41) is 0. The topological polar surface area (TPSA) is 29.5 Å². The Morgan fingerprint density at radius 2 is 1.94 bits per heavy atom. The highest BCUT2D eigenvalue weighted by atomic mass is 16.5. The first kappa shape index (κ1) is 17.2. The SMILES string of the molecule is CCCCCN(CC=C(CC)C(=O)OC)C(C)C. The highest BCUT2D eigenvalue weighted by molar-refractivity contribution is 5.88. The van der Waals surface area contributed by atoms with Crippen LogP contribution < -0.4 is 0 Å². The van der Waals surface area contributed by atoms with Crippen molar-refractivity contribution >= 4 is 5.97 Å². The Morgan fingerprint density at radius 3 is 2.39 bits per heavy atom. The maximum Gasteiger partial charge on any atom is 0.333 e. The van der Waals surface area contributed by atoms with Crippen LogP contribution >= 0.6 is 0 Å². The Morgan fingerprint density at radius 1 is 1.28 bits per heavy atom. The lowest BCUT2D eigenvalue weighted by Crippen LogP contribution is -2.32. The van der Waals surface area contributed by atoms with Crippen molar-refractivity contribution in [2.45, 2.75) is 59.4 Å². The van der Waals surface area contributed by atoms with Crippen molar-refractivity contribution in [2.24, 2.45) is 0 Å². The maximum absolute atomic E-state index is 11.5. The van der Waals surface area contributed by atoms with E-state index < -0.39 is 0 Å². The number of ether oxygens (including phenoxy) is 1. The van der Waals surface area contributed by atoms with Crippen molar-refractivity contribution in [1.82, 2.24) is 4.90 Å². The summed E-state index contributed by atoms with van der Waals surface area (Å²) in [6.45, 7) is 10.5. The number of unbranched alkanes of at least 4 members (excludes halogenated alkanes) is 2. The summed E-state index contributed by atoms with van der Waals surface area (Å²) in [6.07, 6.45) is 6.47. The summed E-state index contributed by atoms with van der Waals surface area (Å²) in [5.74, 6) is -0.199. The summed E-state index contributed by atoms with van der Waals surface area (Å²) in [7, 11) is 1.44. The van der Waals surface area contributed by atoms with Gasteiger partial charge in [0.2, 0.25) is 0 Å². The first-order chi connectivity index (χ1) is 8.56. The van der Waals surface area contributed by atoms with Gasteiger partial charge in [0.25, 0.3) is 0 Å². The molecule has 0 unspecified atom stereocenters. The van der Waals surface area contributed by atoms with Gasteiger partial charge in [-0.15, -0.1) is 0 Å². The molecule has 3 heteroatoms. The molecule has 0 atom stereocenters. The minimum absolute atomic E-state index is 0.199. The molecule has 0 aromatic rings. The van der Waals surface area contributed by atoms with Crippen molar-refractivity contribution < 1.29 is 9.53 Å². The molecule has 0 heterocycles. The molecule has 0 N–H and O–H groups in total. The Kier molecular flexibility index (Phi) is 9.66. The molecule has 0 aliphatic carbocycles. The lowest BCUT2D eigenvalue weighted by Gasteiger charge is -2.25. The number of carbonyl (C=O) groups is 1. The summed E-state index contributed by atoms with van der Waals surface area (Å²) in [6, 6.07) is 0.508. The molecule has 0 bridgehead atoms. The van der Waals surface area contributed by atoms with E-state index in [1.807, 2.05) is 13.0 Å². The van der Waals surface area contributed by atoms with E-state index in [1.54, 1.807) is 0 Å². The van der Waals surface area contributed by atoms with Crippen LogP contribution in [0.2, 0.25) is 0 Å². The Bertz CT molecular complexity index is 259. The standard InChI is InChI=1S/C15H29NO2/c1-6-8-9-11-16(13(3)4)12-10-14(7-2)15(17)18-5/h10,13H,6-9,11-12H2,1-5H3. The van der Waals surface area contributed by atoms with Crippen LogP contribution in [0.15, 0.2) is 11.6 Å². The number of hydrogen-bond acceptors (Lipinski definition) is 3. The second kappa shape index (κ2) is 10.1. The van der Waals surface area contributed by atoms with Crippen molar-refractivity contribution in [2.75, 3.05) is 20.2 Å². The Hall–Kier alpha value is -0.830. The fraction of sp³-hybridized carbons (Fsp3) is 0.800. The summed E-state index contributed by atoms with van der Waals surface area (Å²) < 4.78 is 4.77. The molecule has 0 aromatic carbocycles. The third kappa shape index (κ3) is 6.80. The van der Waals surface area contributed by atoms with Gasteiger partial charge in [0.15, 0.2) is 0 Å². The minimum Gasteiger partial charge on any atom is -0.466 e. The van der Waals surface area contributed by atoms with E-state index in [0.29, 0.717) is 6.04 Å². The van der Waals surface area contributed by atoms with Gasteiger partial charge in [-0.2, -0.15) is 0 Å². The van der Waals surface area contributed by atoms with Crippen molar-refractivity contribution in [3.8, 4) is 0 Å². The van der Waals surface area contributed by atoms with E-state index in [4.69, 9.17) is 4.74 Å². The van der Waals surface area contributed by atoms with Gasteiger partial charge in [0.05, 0.1) is 7.11 Å². The molecule has 18 heavy (non-hydrogen) atoms. The molecule has 0 spiro atoms. The average molecular weight is 255 g/mol. The lowest BCUT2D eigenvalue weighted by atomic mass is 10.1. The predicted molar refractivity (Wildman–Crippen MR) is 76.6 cm³/mol. The molecule has 0 saturated heterocycles. The van der Waals surface area contributed by atoms with E-state index in [-0.39, 0.29) is 5.97 Å². The fourth-order valence-corrected chi connectivity index (χ4v) is 1.86. The molecule has 0 aliphatic rings. The van der Waals surface area contributed by atoms with E-state index in [0.717, 1.165) is 25.1 Å². The second-order valence-electron chi connectivity index (χ2n) is 4.87. The molecule has 0 saturated carbocycles. The molecule has 0 fully saturated rings. The largest absolute Gasteiger partial charge is 0.466 e. The van der Waals surface area contributed by atoms with Crippen LogP contribution in [-0.2, 0) is 9.53 Å². The van der Waals surface area contributed by atoms with E-state index in [1.165, 1.54) is 26.4 Å². The smallest absolute Gasteiger partial charge is 0.333 e. The van der Waals surface area contributed by atoms with Gasteiger partial charge in [-0.1, -0.05) is 32.8 Å². The van der Waals surface area contributed by atoms with Gasteiger partial charge in [-0.05, 0) is 33.2 Å². The number of hydrogen-bond donors (Lipinski definition) is 0. The number of nitrogens with zero attached hydrogens (tertiary/aromatic N) is 1. The number of esters is 1. The Balaban J connectivity index is 4.38. The average Bonchev–Trinajstić information content (AvgIpc) is 2.36. The van der Waals surface area contributed by atoms with Crippen LogP contribution in [0.25, 0.3) is 0 Å². The summed E-state index contributed by atoms with van der Waals surface area (Å²) in [5.41, 5.74) is 0.777. The van der Waals surface area contributed by atoms with E-state index in [2.05, 4.69) is 25.7 Å². The third-order valence-corrected chi connectivity index (χ3v) is 3.18. The summed E-state index contributed by atoms with van der Waals surface area (Å²) in [4.78, 5) is 13.9. The zero-order valence-corrected chi connectivity index (χ0v) is 12.7. The van der Waals surface area contributed by atoms with Gasteiger partial charge < -0.3 is 4.74 Å². The first-order valence-electron chi connectivity index (χ1n) is 7.08. The van der Waals surface area contributed by atoms with Crippen LogP contribution in [0.1, 0.15) is 53.4 Å². The minimum atomic E-state index is -0.199. The maximum atomic E-state index is 11.5. The number of rotatable bonds is 9. The third-order valence-electron chi connectivity index (χ3n) is 3.18. The van der Waals surface area contributed by atoms with Gasteiger partial charge in [-0.25, -0.2) is 4.79 Å². The van der Waals surface area contributed by atoms with E-state index >= 15 is 0 Å². The quantitative estimate of drug-likeness (QED) is 0.359. The predicted octanol–water partition coefficient (Wildman–Crippen LogP) is 3.40. The molecular weight excluding hydrogens is 226 g/mol. The number of carbonyl (C=O) groups excluding carboxylic acids is 1. The zero-order valence-electron chi connectivity index (χ0n) is 12.7. The lowest BCUT2D eigenvalue weighted by molar-refractivity contribution is -0.136. The van der Waals surface area contributed by atoms with Crippen LogP contribution in [0.5, 0.6) is 0 Å².